The molecule has 1 aliphatic heterocycles. The number of halogens is 4. The van der Waals surface area contributed by atoms with Crippen molar-refractivity contribution in [3.8, 4) is 5.82 Å². The lowest BCUT2D eigenvalue weighted by atomic mass is 9.98. The van der Waals surface area contributed by atoms with Crippen LogP contribution in [0.5, 0.6) is 0 Å². The number of carbonyl (C=O) groups excluding carboxylic acids is 2. The number of hydrogen-bond donors (Lipinski definition) is 2. The van der Waals surface area contributed by atoms with Crippen molar-refractivity contribution < 1.29 is 22.8 Å². The first-order valence-electron chi connectivity index (χ1n) is 10.6. The van der Waals surface area contributed by atoms with Crippen molar-refractivity contribution in [3.63, 3.8) is 0 Å². The van der Waals surface area contributed by atoms with Gasteiger partial charge in [-0.3, -0.25) is 19.1 Å². The van der Waals surface area contributed by atoms with Gasteiger partial charge in [0, 0.05) is 47.5 Å². The Morgan fingerprint density at radius 2 is 1.97 bits per heavy atom. The van der Waals surface area contributed by atoms with Crippen LogP contribution in [0.25, 0.3) is 5.82 Å². The topological polar surface area (TPSA) is 105 Å². The van der Waals surface area contributed by atoms with Crippen LogP contribution in [0.3, 0.4) is 0 Å². The van der Waals surface area contributed by atoms with Crippen LogP contribution in [0, 0.1) is 4.77 Å². The average molecular weight is 585 g/mol. The highest BCUT2D eigenvalue weighted by atomic mass is 79.9. The fourth-order valence-corrected chi connectivity index (χ4v) is 4.89. The zero-order chi connectivity index (χ0) is 26.5. The highest BCUT2D eigenvalue weighted by Gasteiger charge is 2.35. The van der Waals surface area contributed by atoms with Crippen molar-refractivity contribution in [1.82, 2.24) is 29.5 Å². The Kier molecular flexibility index (Phi) is 6.68. The smallest absolute Gasteiger partial charge is 0.354 e. The zero-order valence-corrected chi connectivity index (χ0v) is 21.6. The summed E-state index contributed by atoms with van der Waals surface area (Å²) in [5, 5.41) is 6.72. The number of benzene rings is 1. The number of aromatic amines is 1. The van der Waals surface area contributed by atoms with Gasteiger partial charge in [0.15, 0.2) is 10.6 Å². The van der Waals surface area contributed by atoms with Crippen LogP contribution in [0.2, 0.25) is 0 Å². The summed E-state index contributed by atoms with van der Waals surface area (Å²) in [6, 6.07) is 4.25. The molecule has 0 aliphatic carbocycles. The lowest BCUT2D eigenvalue weighted by molar-refractivity contribution is -0.138. The third kappa shape index (κ3) is 4.50. The van der Waals surface area contributed by atoms with Gasteiger partial charge in [-0.25, -0.2) is 4.57 Å². The number of fused-ring (bicyclic) bond motifs is 1. The number of rotatable bonds is 3. The van der Waals surface area contributed by atoms with Crippen LogP contribution in [-0.4, -0.2) is 49.1 Å². The number of aryl methyl sites for hydroxylation is 1. The summed E-state index contributed by atoms with van der Waals surface area (Å²) in [7, 11) is 3.03. The Morgan fingerprint density at radius 1 is 1.28 bits per heavy atom. The maximum Gasteiger partial charge on any atom is 0.417 e. The van der Waals surface area contributed by atoms with Crippen molar-refractivity contribution in [3.05, 3.63) is 71.9 Å². The summed E-state index contributed by atoms with van der Waals surface area (Å²) < 4.78 is 42.3. The Morgan fingerprint density at radius 3 is 2.61 bits per heavy atom. The molecule has 2 N–H and O–H groups in total. The predicted octanol–water partition coefficient (Wildman–Crippen LogP) is 3.36. The second-order valence-electron chi connectivity index (χ2n) is 8.30. The number of aromatic nitrogens is 4. The minimum absolute atomic E-state index is 0.00487. The number of amides is 2. The van der Waals surface area contributed by atoms with Gasteiger partial charge in [0.05, 0.1) is 12.1 Å². The van der Waals surface area contributed by atoms with Crippen LogP contribution >= 0.6 is 28.1 Å². The van der Waals surface area contributed by atoms with Gasteiger partial charge in [0.25, 0.3) is 17.4 Å². The molecular formula is C22H20BrF3N6O3S. The molecule has 2 aromatic heterocycles. The molecule has 1 aromatic carbocycles. The molecule has 4 rings (SSSR count). The van der Waals surface area contributed by atoms with E-state index in [4.69, 9.17) is 12.2 Å². The molecule has 190 valence electrons. The molecule has 0 spiro atoms. The number of alkyl halides is 3. The minimum Gasteiger partial charge on any atom is -0.354 e. The summed E-state index contributed by atoms with van der Waals surface area (Å²) >= 11 is 8.25. The van der Waals surface area contributed by atoms with Gasteiger partial charge in [-0.1, -0.05) is 15.9 Å². The number of H-pyrrole nitrogens is 1. The third-order valence-corrected chi connectivity index (χ3v) is 6.96. The Hall–Kier alpha value is -3.26. The molecule has 0 unspecified atom stereocenters. The molecule has 9 nitrogen and oxygen atoms in total. The van der Waals surface area contributed by atoms with Gasteiger partial charge in [-0.15, -0.1) is 0 Å². The third-order valence-electron chi connectivity index (χ3n) is 5.98. The number of hydrogen-bond acceptors (Lipinski definition) is 5. The quantitative estimate of drug-likeness (QED) is 0.459. The van der Waals surface area contributed by atoms with Crippen molar-refractivity contribution in [2.24, 2.45) is 7.05 Å². The predicted molar refractivity (Wildman–Crippen MR) is 130 cm³/mol. The number of nitrogens with one attached hydrogen (secondary N) is 2. The number of nitrogens with zero attached hydrogens (tertiary/aromatic N) is 4. The molecule has 3 aromatic rings. The summed E-state index contributed by atoms with van der Waals surface area (Å²) in [5.74, 6) is -0.831. The van der Waals surface area contributed by atoms with Crippen molar-refractivity contribution >= 4 is 40.0 Å². The van der Waals surface area contributed by atoms with Gasteiger partial charge in [-0.05, 0) is 43.8 Å². The van der Waals surface area contributed by atoms with Crippen molar-refractivity contribution in [2.75, 3.05) is 7.05 Å². The Bertz CT molecular complexity index is 1510. The van der Waals surface area contributed by atoms with E-state index >= 15 is 0 Å². The molecule has 0 bridgehead atoms. The van der Waals surface area contributed by atoms with Crippen LogP contribution in [0.4, 0.5) is 13.2 Å². The summed E-state index contributed by atoms with van der Waals surface area (Å²) in [4.78, 5) is 42.9. The van der Waals surface area contributed by atoms with Crippen LogP contribution in [0.1, 0.15) is 44.6 Å². The van der Waals surface area contributed by atoms with E-state index in [1.165, 1.54) is 39.4 Å². The van der Waals surface area contributed by atoms with Crippen LogP contribution < -0.4 is 10.9 Å². The van der Waals surface area contributed by atoms with E-state index in [2.05, 4.69) is 31.3 Å². The summed E-state index contributed by atoms with van der Waals surface area (Å²) in [6.45, 7) is 1.67. The zero-order valence-electron chi connectivity index (χ0n) is 19.2. The van der Waals surface area contributed by atoms with E-state index in [9.17, 15) is 27.6 Å². The van der Waals surface area contributed by atoms with E-state index < -0.39 is 29.2 Å². The van der Waals surface area contributed by atoms with Crippen LogP contribution in [0.15, 0.2) is 33.5 Å². The monoisotopic (exact) mass is 584 g/mol. The van der Waals surface area contributed by atoms with Gasteiger partial charge in [0.1, 0.15) is 5.69 Å². The lowest BCUT2D eigenvalue weighted by Gasteiger charge is -2.34. The second kappa shape index (κ2) is 9.32. The van der Waals surface area contributed by atoms with Crippen molar-refractivity contribution in [1.29, 1.82) is 0 Å². The Balaban J connectivity index is 1.71. The molecule has 0 saturated heterocycles. The van der Waals surface area contributed by atoms with E-state index in [1.807, 2.05) is 0 Å². The van der Waals surface area contributed by atoms with E-state index in [1.54, 1.807) is 14.0 Å². The minimum atomic E-state index is -4.63. The maximum atomic E-state index is 13.4. The maximum absolute atomic E-state index is 13.4. The van der Waals surface area contributed by atoms with Gasteiger partial charge in [-0.2, -0.15) is 18.3 Å². The van der Waals surface area contributed by atoms with Crippen molar-refractivity contribution in [2.45, 2.75) is 32.1 Å². The second-order valence-corrected chi connectivity index (χ2v) is 9.54. The number of carbonyl (C=O) groups is 2. The standard InChI is InChI=1S/C22H20BrF3N6O3S/c1-10-6-12-15(9-31(10)19(34)11-4-5-14(23)13(7-11)22(24,25)26)28-21(36)32(20(12)35)17-8-16(18(33)27-2)30(3)29-17/h4-5,7-8,10H,6,9H2,1-3H3,(H,27,33)(H,28,36)/t10-/m1/s1. The molecule has 1 aliphatic rings. The van der Waals surface area contributed by atoms with E-state index in [-0.39, 0.29) is 45.2 Å². The average Bonchev–Trinajstić information content (AvgIpc) is 3.18. The molecular weight excluding hydrogens is 565 g/mol. The largest absolute Gasteiger partial charge is 0.417 e. The first-order chi connectivity index (χ1) is 16.8. The fraction of sp³-hybridized carbons (Fsp3) is 0.318. The lowest BCUT2D eigenvalue weighted by Crippen LogP contribution is -2.46. The molecule has 14 heteroatoms. The SMILES string of the molecule is CNC(=O)c1cc(-n2c(=S)[nH]c3c(c2=O)C[C@@H](C)N(C(=O)c2ccc(Br)c(C(F)(F)F)c2)C3)nn1C. The summed E-state index contributed by atoms with van der Waals surface area (Å²) in [6.07, 6.45) is -4.49. The molecule has 2 amide bonds. The molecule has 0 fully saturated rings. The molecule has 0 saturated carbocycles. The van der Waals surface area contributed by atoms with Gasteiger partial charge in [0.2, 0.25) is 0 Å². The first kappa shape index (κ1) is 25.8. The molecule has 36 heavy (non-hydrogen) atoms. The van der Waals surface area contributed by atoms with E-state index in [0.717, 1.165) is 6.07 Å². The molecule has 1 atom stereocenters. The Labute approximate surface area is 216 Å². The molecule has 0 radical (unpaired) electrons. The van der Waals surface area contributed by atoms with Crippen LogP contribution in [-0.2, 0) is 26.2 Å². The van der Waals surface area contributed by atoms with E-state index in [0.29, 0.717) is 11.3 Å². The highest BCUT2D eigenvalue weighted by Crippen LogP contribution is 2.36. The first-order valence-corrected chi connectivity index (χ1v) is 11.8. The van der Waals surface area contributed by atoms with Gasteiger partial charge >= 0.3 is 6.18 Å². The fourth-order valence-electron chi connectivity index (χ4n) is 4.12. The normalized spacial score (nSPS) is 15.5. The highest BCUT2D eigenvalue weighted by molar-refractivity contribution is 9.10. The molecule has 3 heterocycles. The summed E-state index contributed by atoms with van der Waals surface area (Å²) in [5.41, 5.74) is -0.529. The van der Waals surface area contributed by atoms with Gasteiger partial charge < -0.3 is 15.2 Å².